The molecule has 3 nitrogen and oxygen atoms in total. The molecule has 5 heteroatoms. The van der Waals surface area contributed by atoms with Crippen LogP contribution in [0.1, 0.15) is 0 Å². The number of rotatable bonds is 6. The summed E-state index contributed by atoms with van der Waals surface area (Å²) >= 11 is 3.71. The Morgan fingerprint density at radius 1 is 0.321 bits per heavy atom. The van der Waals surface area contributed by atoms with Crippen molar-refractivity contribution < 1.29 is 0 Å². The van der Waals surface area contributed by atoms with E-state index in [1.807, 2.05) is 41.1 Å². The van der Waals surface area contributed by atoms with Gasteiger partial charge in [0.2, 0.25) is 0 Å². The summed E-state index contributed by atoms with van der Waals surface area (Å²) in [6, 6.07) is 62.9. The van der Waals surface area contributed by atoms with Crippen molar-refractivity contribution in [3.05, 3.63) is 188 Å². The molecule has 4 heterocycles. The zero-order chi connectivity index (χ0) is 37.0. The molecule has 11 rings (SSSR count). The fraction of sp³-hybridized carbons (Fsp3) is 0. The molecule has 0 amide bonds. The van der Waals surface area contributed by atoms with Crippen molar-refractivity contribution in [2.45, 2.75) is 0 Å². The van der Waals surface area contributed by atoms with E-state index in [0.717, 1.165) is 50.3 Å². The summed E-state index contributed by atoms with van der Waals surface area (Å²) in [4.78, 5) is 15.1. The summed E-state index contributed by atoms with van der Waals surface area (Å²) in [5.74, 6) is 0.681. The molecule has 7 aromatic carbocycles. The van der Waals surface area contributed by atoms with Gasteiger partial charge in [0.1, 0.15) is 0 Å². The van der Waals surface area contributed by atoms with Crippen molar-refractivity contribution in [2.75, 3.05) is 0 Å². The topological polar surface area (TPSA) is 38.7 Å². The average molecular weight is 750 g/mol. The Hall–Kier alpha value is -6.79. The number of thiophene rings is 2. The summed E-state index contributed by atoms with van der Waals surface area (Å²) in [5, 5.41) is 5.13. The van der Waals surface area contributed by atoms with Gasteiger partial charge in [0.15, 0.2) is 5.82 Å². The van der Waals surface area contributed by atoms with Crippen LogP contribution < -0.4 is 0 Å². The number of hydrogen-bond donors (Lipinski definition) is 0. The molecule has 0 aliphatic rings. The highest BCUT2D eigenvalue weighted by Gasteiger charge is 2.19. The molecule has 0 fully saturated rings. The summed E-state index contributed by atoms with van der Waals surface area (Å²) in [7, 11) is 0. The second-order valence-corrected chi connectivity index (χ2v) is 16.1. The van der Waals surface area contributed by atoms with Gasteiger partial charge < -0.3 is 0 Å². The second-order valence-electron chi connectivity index (χ2n) is 14.0. The van der Waals surface area contributed by atoms with Gasteiger partial charge in [-0.15, -0.1) is 22.7 Å². The quantitative estimate of drug-likeness (QED) is 0.170. The first-order chi connectivity index (χ1) is 27.7. The maximum Gasteiger partial charge on any atom is 0.160 e. The summed E-state index contributed by atoms with van der Waals surface area (Å²) in [6.07, 6.45) is 3.68. The van der Waals surface area contributed by atoms with E-state index in [-0.39, 0.29) is 0 Å². The minimum atomic E-state index is 0.681. The Kier molecular flexibility index (Phi) is 7.87. The molecule has 0 spiro atoms. The maximum absolute atomic E-state index is 5.43. The van der Waals surface area contributed by atoms with Crippen LogP contribution in [0.3, 0.4) is 0 Å². The van der Waals surface area contributed by atoms with Crippen molar-refractivity contribution in [1.82, 2.24) is 15.0 Å². The second kappa shape index (κ2) is 13.5. The molecule has 0 unspecified atom stereocenters. The lowest BCUT2D eigenvalue weighted by Gasteiger charge is -2.15. The first-order valence-corrected chi connectivity index (χ1v) is 20.3. The highest BCUT2D eigenvalue weighted by Crippen LogP contribution is 2.45. The van der Waals surface area contributed by atoms with Crippen LogP contribution in [0.2, 0.25) is 0 Å². The van der Waals surface area contributed by atoms with E-state index >= 15 is 0 Å². The lowest BCUT2D eigenvalue weighted by atomic mass is 9.94. The van der Waals surface area contributed by atoms with E-state index < -0.39 is 0 Å². The largest absolute Gasteiger partial charge is 0.265 e. The molecule has 0 bridgehead atoms. The van der Waals surface area contributed by atoms with Gasteiger partial charge >= 0.3 is 0 Å². The molecule has 0 aliphatic heterocycles. The SMILES string of the molecule is c1ccc(-c2cc(-c3ccccc3-c3ccncc3)nc(-c3cc(-c4cccc5c4sc4ccccc45)cc(-c4cccc5c4sc4ccccc45)c3)n2)cc1. The van der Waals surface area contributed by atoms with E-state index in [9.17, 15) is 0 Å². The zero-order valence-corrected chi connectivity index (χ0v) is 31.7. The van der Waals surface area contributed by atoms with Crippen molar-refractivity contribution in [3.8, 4) is 67.3 Å². The van der Waals surface area contributed by atoms with Gasteiger partial charge in [-0.3, -0.25) is 4.98 Å². The number of fused-ring (bicyclic) bond motifs is 6. The standard InChI is InChI=1S/C51H31N3S2/c1-2-12-33(13-3-1)45-31-46(40-15-5-4-14-37(40)32-24-26-52-27-25-32)54-51(53-45)36-29-34(38-18-10-20-43-41-16-6-8-22-47(41)55-49(38)43)28-35(30-36)39-19-11-21-44-42-17-7-9-23-48(42)56-50(39)44/h1-31H. The third kappa shape index (κ3) is 5.60. The number of pyridine rings is 1. The predicted octanol–water partition coefficient (Wildman–Crippen LogP) is 14.6. The predicted molar refractivity (Wildman–Crippen MR) is 238 cm³/mol. The van der Waals surface area contributed by atoms with Crippen molar-refractivity contribution in [1.29, 1.82) is 0 Å². The molecule has 0 aliphatic carbocycles. The molecule has 11 aromatic rings. The Labute approximate surface area is 331 Å². The van der Waals surface area contributed by atoms with Crippen LogP contribution in [0.15, 0.2) is 188 Å². The van der Waals surface area contributed by atoms with Gasteiger partial charge in [-0.1, -0.05) is 127 Å². The molecule has 0 atom stereocenters. The van der Waals surface area contributed by atoms with Crippen LogP contribution in [0, 0.1) is 0 Å². The lowest BCUT2D eigenvalue weighted by molar-refractivity contribution is 1.18. The molecule has 262 valence electrons. The summed E-state index contributed by atoms with van der Waals surface area (Å²) in [5.41, 5.74) is 11.7. The first-order valence-electron chi connectivity index (χ1n) is 18.7. The molecular weight excluding hydrogens is 719 g/mol. The Morgan fingerprint density at radius 2 is 0.821 bits per heavy atom. The number of nitrogens with zero attached hydrogens (tertiary/aromatic N) is 3. The first kappa shape index (κ1) is 32.6. The van der Waals surface area contributed by atoms with E-state index in [4.69, 9.17) is 9.97 Å². The Morgan fingerprint density at radius 3 is 1.46 bits per heavy atom. The number of aromatic nitrogens is 3. The normalized spacial score (nSPS) is 11.6. The minimum Gasteiger partial charge on any atom is -0.265 e. The van der Waals surface area contributed by atoms with Crippen LogP contribution in [0.5, 0.6) is 0 Å². The average Bonchev–Trinajstić information content (AvgIpc) is 3.85. The molecule has 0 N–H and O–H groups in total. The summed E-state index contributed by atoms with van der Waals surface area (Å²) in [6.45, 7) is 0. The molecule has 0 saturated heterocycles. The van der Waals surface area contributed by atoms with Crippen molar-refractivity contribution in [3.63, 3.8) is 0 Å². The van der Waals surface area contributed by atoms with Gasteiger partial charge in [0, 0.05) is 69.4 Å². The van der Waals surface area contributed by atoms with Gasteiger partial charge in [-0.2, -0.15) is 0 Å². The van der Waals surface area contributed by atoms with Crippen molar-refractivity contribution in [2.24, 2.45) is 0 Å². The smallest absolute Gasteiger partial charge is 0.160 e. The van der Waals surface area contributed by atoms with E-state index in [1.54, 1.807) is 0 Å². The fourth-order valence-corrected chi connectivity index (χ4v) is 10.5. The summed E-state index contributed by atoms with van der Waals surface area (Å²) < 4.78 is 5.14. The lowest BCUT2D eigenvalue weighted by Crippen LogP contribution is -1.98. The number of benzene rings is 7. The van der Waals surface area contributed by atoms with Crippen LogP contribution >= 0.6 is 22.7 Å². The molecular formula is C51H31N3S2. The van der Waals surface area contributed by atoms with Crippen LogP contribution in [-0.2, 0) is 0 Å². The van der Waals surface area contributed by atoms with Crippen LogP contribution in [-0.4, -0.2) is 15.0 Å². The zero-order valence-electron chi connectivity index (χ0n) is 30.1. The van der Waals surface area contributed by atoms with Crippen LogP contribution in [0.25, 0.3) is 108 Å². The Bertz CT molecular complexity index is 3120. The molecule has 0 radical (unpaired) electrons. The van der Waals surface area contributed by atoms with E-state index in [0.29, 0.717) is 5.82 Å². The maximum atomic E-state index is 5.43. The van der Waals surface area contributed by atoms with E-state index in [2.05, 4.69) is 175 Å². The van der Waals surface area contributed by atoms with Crippen LogP contribution in [0.4, 0.5) is 0 Å². The third-order valence-electron chi connectivity index (χ3n) is 10.6. The van der Waals surface area contributed by atoms with E-state index in [1.165, 1.54) is 51.5 Å². The van der Waals surface area contributed by atoms with Gasteiger partial charge in [0.25, 0.3) is 0 Å². The van der Waals surface area contributed by atoms with Gasteiger partial charge in [-0.25, -0.2) is 9.97 Å². The Balaban J connectivity index is 1.19. The highest BCUT2D eigenvalue weighted by molar-refractivity contribution is 7.26. The highest BCUT2D eigenvalue weighted by atomic mass is 32.1. The van der Waals surface area contributed by atoms with Gasteiger partial charge in [0.05, 0.1) is 11.4 Å². The molecule has 0 saturated carbocycles. The van der Waals surface area contributed by atoms with Crippen molar-refractivity contribution >= 4 is 63.0 Å². The fourth-order valence-electron chi connectivity index (χ4n) is 7.98. The van der Waals surface area contributed by atoms with Gasteiger partial charge in [-0.05, 0) is 81.9 Å². The number of hydrogen-bond acceptors (Lipinski definition) is 5. The minimum absolute atomic E-state index is 0.681. The molecule has 56 heavy (non-hydrogen) atoms. The monoisotopic (exact) mass is 749 g/mol. The third-order valence-corrected chi connectivity index (χ3v) is 13.1. The molecule has 4 aromatic heterocycles.